The van der Waals surface area contributed by atoms with Gasteiger partial charge in [0.15, 0.2) is 0 Å². The number of hydrogen-bond donors (Lipinski definition) is 3. The molecule has 2 aromatic rings. The lowest BCUT2D eigenvalue weighted by molar-refractivity contribution is -0.114. The number of halogens is 1. The van der Waals surface area contributed by atoms with Gasteiger partial charge in [-0.05, 0) is 30.2 Å². The fourth-order valence-electron chi connectivity index (χ4n) is 2.32. The highest BCUT2D eigenvalue weighted by Gasteiger charge is 2.17. The summed E-state index contributed by atoms with van der Waals surface area (Å²) in [5.41, 5.74) is 4.61. The molecule has 0 saturated heterocycles. The zero-order valence-corrected chi connectivity index (χ0v) is 15.4. The average molecular weight is 396 g/mol. The number of amides is 2. The van der Waals surface area contributed by atoms with E-state index in [4.69, 9.17) is 22.0 Å². The van der Waals surface area contributed by atoms with Gasteiger partial charge in [-0.25, -0.2) is 4.79 Å². The smallest absolute Gasteiger partial charge is 0.411 e. The standard InChI is InChI=1S/C19H14ClN5O3/c1-11-2-4-12(5-3-11)15(9-21)14-7-6-13(8-16(14)20)24-25-17(10-22)18(26)23-19(27)28/h2-8,15,24H,1H3,(H,23,26)(H,27,28). The second-order valence-corrected chi connectivity index (χ2v) is 6.06. The van der Waals surface area contributed by atoms with E-state index in [0.29, 0.717) is 16.3 Å². The highest BCUT2D eigenvalue weighted by atomic mass is 35.5. The van der Waals surface area contributed by atoms with Crippen molar-refractivity contribution in [1.29, 1.82) is 10.5 Å². The van der Waals surface area contributed by atoms with Crippen LogP contribution in [0.15, 0.2) is 47.6 Å². The van der Waals surface area contributed by atoms with Gasteiger partial charge >= 0.3 is 6.09 Å². The summed E-state index contributed by atoms with van der Waals surface area (Å²) in [7, 11) is 0. The van der Waals surface area contributed by atoms with Crippen LogP contribution in [0.4, 0.5) is 10.5 Å². The first-order valence-electron chi connectivity index (χ1n) is 7.89. The lowest BCUT2D eigenvalue weighted by Gasteiger charge is -2.13. The molecule has 3 N–H and O–H groups in total. The van der Waals surface area contributed by atoms with Crippen molar-refractivity contribution in [2.24, 2.45) is 5.10 Å². The predicted molar refractivity (Wildman–Crippen MR) is 103 cm³/mol. The van der Waals surface area contributed by atoms with Crippen LogP contribution in [0.3, 0.4) is 0 Å². The first-order valence-corrected chi connectivity index (χ1v) is 8.27. The minimum atomic E-state index is -1.60. The molecule has 0 spiro atoms. The Balaban J connectivity index is 2.24. The van der Waals surface area contributed by atoms with Crippen molar-refractivity contribution >= 4 is 35.0 Å². The molecular weight excluding hydrogens is 382 g/mol. The van der Waals surface area contributed by atoms with E-state index in [1.165, 1.54) is 17.5 Å². The molecule has 0 fully saturated rings. The molecule has 0 radical (unpaired) electrons. The van der Waals surface area contributed by atoms with Crippen LogP contribution in [0.5, 0.6) is 0 Å². The van der Waals surface area contributed by atoms with E-state index in [1.54, 1.807) is 12.1 Å². The van der Waals surface area contributed by atoms with Crippen molar-refractivity contribution in [2.45, 2.75) is 12.8 Å². The Morgan fingerprint density at radius 2 is 1.86 bits per heavy atom. The quantitative estimate of drug-likeness (QED) is 0.523. The van der Waals surface area contributed by atoms with Gasteiger partial charge in [0.25, 0.3) is 5.91 Å². The number of carboxylic acid groups (broad SMARTS) is 1. The Morgan fingerprint density at radius 1 is 1.18 bits per heavy atom. The van der Waals surface area contributed by atoms with Crippen molar-refractivity contribution in [1.82, 2.24) is 5.32 Å². The van der Waals surface area contributed by atoms with Gasteiger partial charge < -0.3 is 5.11 Å². The van der Waals surface area contributed by atoms with Crippen molar-refractivity contribution in [2.75, 3.05) is 5.43 Å². The maximum atomic E-state index is 11.5. The van der Waals surface area contributed by atoms with Gasteiger partial charge in [0, 0.05) is 5.02 Å². The largest absolute Gasteiger partial charge is 0.465 e. The molecule has 1 unspecified atom stereocenters. The van der Waals surface area contributed by atoms with Gasteiger partial charge in [0.05, 0.1) is 17.7 Å². The van der Waals surface area contributed by atoms with Crippen molar-refractivity contribution in [3.63, 3.8) is 0 Å². The maximum absolute atomic E-state index is 11.5. The normalized spacial score (nSPS) is 11.6. The minimum absolute atomic E-state index is 0.292. The third kappa shape index (κ3) is 5.07. The van der Waals surface area contributed by atoms with E-state index in [2.05, 4.69) is 16.6 Å². The number of anilines is 1. The summed E-state index contributed by atoms with van der Waals surface area (Å²) in [5.74, 6) is -1.73. The molecule has 1 atom stereocenters. The lowest BCUT2D eigenvalue weighted by atomic mass is 9.92. The van der Waals surface area contributed by atoms with Gasteiger partial charge in [0.2, 0.25) is 5.71 Å². The van der Waals surface area contributed by atoms with Crippen LogP contribution in [-0.4, -0.2) is 22.8 Å². The lowest BCUT2D eigenvalue weighted by Crippen LogP contribution is -2.34. The summed E-state index contributed by atoms with van der Waals surface area (Å²) in [6, 6.07) is 15.9. The Hall–Kier alpha value is -3.88. The fourth-order valence-corrected chi connectivity index (χ4v) is 2.61. The zero-order valence-electron chi connectivity index (χ0n) is 14.6. The molecule has 140 valence electrons. The summed E-state index contributed by atoms with van der Waals surface area (Å²) < 4.78 is 0. The number of hydrogen-bond acceptors (Lipinski definition) is 6. The Bertz CT molecular complexity index is 1020. The SMILES string of the molecule is Cc1ccc(C(C#N)c2ccc(NN=C(C#N)C(=O)NC(=O)O)cc2Cl)cc1. The molecule has 0 aliphatic heterocycles. The molecule has 0 aromatic heterocycles. The van der Waals surface area contributed by atoms with Crippen LogP contribution in [0.2, 0.25) is 5.02 Å². The number of nitrogens with zero attached hydrogens (tertiary/aromatic N) is 3. The highest BCUT2D eigenvalue weighted by Crippen LogP contribution is 2.32. The number of aryl methyl sites for hydroxylation is 1. The maximum Gasteiger partial charge on any atom is 0.411 e. The molecule has 0 bridgehead atoms. The predicted octanol–water partition coefficient (Wildman–Crippen LogP) is 3.39. The summed E-state index contributed by atoms with van der Waals surface area (Å²) in [6.45, 7) is 1.95. The number of imide groups is 1. The van der Waals surface area contributed by atoms with E-state index < -0.39 is 23.6 Å². The number of rotatable bonds is 5. The molecule has 0 heterocycles. The molecule has 2 rings (SSSR count). The van der Waals surface area contributed by atoms with Gasteiger partial charge in [-0.2, -0.15) is 15.6 Å². The molecule has 9 heteroatoms. The number of carbonyl (C=O) groups excluding carboxylic acids is 1. The molecule has 0 aliphatic carbocycles. The molecule has 2 aromatic carbocycles. The fraction of sp³-hybridized carbons (Fsp3) is 0.105. The van der Waals surface area contributed by atoms with E-state index in [9.17, 15) is 14.9 Å². The molecule has 0 saturated carbocycles. The van der Waals surface area contributed by atoms with Gasteiger partial charge in [-0.3, -0.25) is 15.5 Å². The Morgan fingerprint density at radius 3 is 2.39 bits per heavy atom. The number of hydrazone groups is 1. The third-order valence-electron chi connectivity index (χ3n) is 3.69. The monoisotopic (exact) mass is 395 g/mol. The first kappa shape index (κ1) is 20.4. The van der Waals surface area contributed by atoms with Crippen LogP contribution in [0, 0.1) is 29.6 Å². The van der Waals surface area contributed by atoms with Gasteiger partial charge in [-0.1, -0.05) is 47.5 Å². The number of benzene rings is 2. The number of carbonyl (C=O) groups is 2. The van der Waals surface area contributed by atoms with Crippen molar-refractivity contribution in [3.05, 3.63) is 64.2 Å². The molecular formula is C19H14ClN5O3. The summed E-state index contributed by atoms with van der Waals surface area (Å²) in [6.07, 6.45) is -1.60. The van der Waals surface area contributed by atoms with E-state index in [1.807, 2.05) is 31.2 Å². The topological polar surface area (TPSA) is 138 Å². The van der Waals surface area contributed by atoms with E-state index >= 15 is 0 Å². The average Bonchev–Trinajstić information content (AvgIpc) is 2.65. The molecule has 28 heavy (non-hydrogen) atoms. The van der Waals surface area contributed by atoms with Gasteiger partial charge in [0.1, 0.15) is 6.07 Å². The minimum Gasteiger partial charge on any atom is -0.465 e. The van der Waals surface area contributed by atoms with Crippen molar-refractivity contribution in [3.8, 4) is 12.1 Å². The summed E-state index contributed by atoms with van der Waals surface area (Å²) >= 11 is 6.30. The zero-order chi connectivity index (χ0) is 20.7. The van der Waals surface area contributed by atoms with Crippen LogP contribution in [0.25, 0.3) is 0 Å². The summed E-state index contributed by atoms with van der Waals surface area (Å²) in [5, 5.41) is 32.4. The van der Waals surface area contributed by atoms with Crippen LogP contribution >= 0.6 is 11.6 Å². The van der Waals surface area contributed by atoms with Crippen LogP contribution in [-0.2, 0) is 4.79 Å². The summed E-state index contributed by atoms with van der Waals surface area (Å²) in [4.78, 5) is 21.9. The third-order valence-corrected chi connectivity index (χ3v) is 4.02. The van der Waals surface area contributed by atoms with E-state index in [0.717, 1.165) is 11.1 Å². The second-order valence-electron chi connectivity index (χ2n) is 5.65. The number of nitriles is 2. The van der Waals surface area contributed by atoms with Crippen LogP contribution < -0.4 is 10.7 Å². The highest BCUT2D eigenvalue weighted by molar-refractivity contribution is 6.46. The van der Waals surface area contributed by atoms with Gasteiger partial charge in [-0.15, -0.1) is 0 Å². The second kappa shape index (κ2) is 9.17. The Labute approximate surface area is 165 Å². The van der Waals surface area contributed by atoms with Crippen molar-refractivity contribution < 1.29 is 14.7 Å². The van der Waals surface area contributed by atoms with Crippen LogP contribution in [0.1, 0.15) is 22.6 Å². The Kier molecular flexibility index (Phi) is 6.69. The molecule has 8 nitrogen and oxygen atoms in total. The number of nitrogens with one attached hydrogen (secondary N) is 2. The first-order chi connectivity index (χ1) is 13.3. The molecule has 0 aliphatic rings. The molecule has 2 amide bonds. The van der Waals surface area contributed by atoms with E-state index in [-0.39, 0.29) is 0 Å².